The summed E-state index contributed by atoms with van der Waals surface area (Å²) in [5, 5.41) is 3.21. The summed E-state index contributed by atoms with van der Waals surface area (Å²) in [6.45, 7) is 0. The topological polar surface area (TPSA) is 78.7 Å². The number of thiazole rings is 1. The number of aromatic nitrogens is 1. The molecule has 0 radical (unpaired) electrons. The van der Waals surface area contributed by atoms with Crippen LogP contribution in [0.2, 0.25) is 0 Å². The molecule has 14 heavy (non-hydrogen) atoms. The van der Waals surface area contributed by atoms with Crippen LogP contribution >= 0.6 is 11.3 Å². The van der Waals surface area contributed by atoms with E-state index in [-0.39, 0.29) is 5.01 Å². The Morgan fingerprint density at radius 2 is 2.29 bits per heavy atom. The first-order chi connectivity index (χ1) is 6.81. The van der Waals surface area contributed by atoms with Crippen LogP contribution in [0.3, 0.4) is 0 Å². The molecule has 1 heterocycles. The molecule has 0 atom stereocenters. The van der Waals surface area contributed by atoms with Gasteiger partial charge in [0.2, 0.25) is 0 Å². The molecule has 0 aliphatic heterocycles. The molecular formula is C8H4N4OS. The predicted octanol–water partition coefficient (Wildman–Crippen LogP) is 2.75. The van der Waals surface area contributed by atoms with Crippen molar-refractivity contribution in [1.82, 2.24) is 4.98 Å². The van der Waals surface area contributed by atoms with E-state index in [1.54, 1.807) is 6.07 Å². The zero-order valence-electron chi connectivity index (χ0n) is 6.91. The largest absolute Gasteiger partial charge is 0.284 e. The molecule has 2 aromatic rings. The van der Waals surface area contributed by atoms with Gasteiger partial charge in [0.1, 0.15) is 0 Å². The van der Waals surface area contributed by atoms with Crippen molar-refractivity contribution in [2.24, 2.45) is 5.11 Å². The van der Waals surface area contributed by atoms with Gasteiger partial charge in [0.15, 0.2) is 5.01 Å². The van der Waals surface area contributed by atoms with Gasteiger partial charge in [0, 0.05) is 4.91 Å². The lowest BCUT2D eigenvalue weighted by molar-refractivity contribution is 0.1000. The van der Waals surface area contributed by atoms with Gasteiger partial charge in [-0.1, -0.05) is 12.1 Å². The van der Waals surface area contributed by atoms with Crippen molar-refractivity contribution in [2.45, 2.75) is 0 Å². The number of azide groups is 1. The molecule has 68 valence electrons. The van der Waals surface area contributed by atoms with E-state index in [0.717, 1.165) is 10.2 Å². The van der Waals surface area contributed by atoms with E-state index < -0.39 is 5.91 Å². The Bertz CT molecular complexity index is 508. The summed E-state index contributed by atoms with van der Waals surface area (Å²) in [5.41, 5.74) is 8.83. The monoisotopic (exact) mass is 204 g/mol. The molecule has 0 N–H and O–H groups in total. The number of para-hydroxylation sites is 1. The number of nitrogens with zero attached hydrogens (tertiary/aromatic N) is 4. The molecule has 0 aliphatic carbocycles. The summed E-state index contributed by atoms with van der Waals surface area (Å²) >= 11 is 1.22. The van der Waals surface area contributed by atoms with Gasteiger partial charge in [-0.25, -0.2) is 4.98 Å². The molecule has 1 aromatic carbocycles. The number of hydrogen-bond acceptors (Lipinski definition) is 3. The lowest BCUT2D eigenvalue weighted by atomic mass is 10.3. The second kappa shape index (κ2) is 3.45. The van der Waals surface area contributed by atoms with Gasteiger partial charge in [0.25, 0.3) is 5.91 Å². The number of carbonyl (C=O) groups excluding carboxylic acids is 1. The van der Waals surface area contributed by atoms with Crippen LogP contribution in [0.25, 0.3) is 20.7 Å². The van der Waals surface area contributed by atoms with Crippen molar-refractivity contribution in [3.8, 4) is 0 Å². The van der Waals surface area contributed by atoms with Gasteiger partial charge in [-0.3, -0.25) is 4.79 Å². The van der Waals surface area contributed by atoms with Gasteiger partial charge in [-0.05, 0) is 22.8 Å². The minimum absolute atomic E-state index is 0.226. The summed E-state index contributed by atoms with van der Waals surface area (Å²) in [6.07, 6.45) is 0. The van der Waals surface area contributed by atoms with Crippen LogP contribution in [-0.2, 0) is 0 Å². The molecule has 2 rings (SSSR count). The summed E-state index contributed by atoms with van der Waals surface area (Å²) < 4.78 is 0.906. The van der Waals surface area contributed by atoms with Crippen molar-refractivity contribution in [2.75, 3.05) is 0 Å². The van der Waals surface area contributed by atoms with Crippen molar-refractivity contribution < 1.29 is 4.79 Å². The number of amides is 1. The molecule has 0 aliphatic rings. The van der Waals surface area contributed by atoms with Crippen molar-refractivity contribution in [3.63, 3.8) is 0 Å². The summed E-state index contributed by atoms with van der Waals surface area (Å²) in [7, 11) is 0. The van der Waals surface area contributed by atoms with E-state index in [1.807, 2.05) is 18.2 Å². The average Bonchev–Trinajstić information content (AvgIpc) is 2.61. The van der Waals surface area contributed by atoms with E-state index in [2.05, 4.69) is 15.0 Å². The summed E-state index contributed by atoms with van der Waals surface area (Å²) in [5.74, 6) is -0.631. The second-order valence-corrected chi connectivity index (χ2v) is 3.51. The van der Waals surface area contributed by atoms with Gasteiger partial charge < -0.3 is 0 Å². The predicted molar refractivity (Wildman–Crippen MR) is 53.1 cm³/mol. The van der Waals surface area contributed by atoms with Crippen LogP contribution in [0.4, 0.5) is 0 Å². The molecule has 0 unspecified atom stereocenters. The van der Waals surface area contributed by atoms with Crippen LogP contribution in [0.1, 0.15) is 9.80 Å². The lowest BCUT2D eigenvalue weighted by Crippen LogP contribution is -1.90. The maximum Gasteiger partial charge on any atom is 0.277 e. The standard InChI is InChI=1S/C8H4N4OS/c9-12-11-7(13)8-10-5-3-1-2-4-6(5)14-8/h1-4H. The Labute approximate surface area is 82.6 Å². The molecule has 6 heteroatoms. The van der Waals surface area contributed by atoms with Gasteiger partial charge in [0.05, 0.1) is 10.2 Å². The normalized spacial score (nSPS) is 9.71. The Balaban J connectivity index is 2.55. The summed E-state index contributed by atoms with van der Waals surface area (Å²) in [4.78, 5) is 17.6. The van der Waals surface area contributed by atoms with Crippen molar-refractivity contribution in [3.05, 3.63) is 39.7 Å². The highest BCUT2D eigenvalue weighted by Crippen LogP contribution is 2.21. The van der Waals surface area contributed by atoms with E-state index in [4.69, 9.17) is 5.53 Å². The van der Waals surface area contributed by atoms with Crippen LogP contribution in [0, 0.1) is 0 Å². The van der Waals surface area contributed by atoms with Crippen molar-refractivity contribution >= 4 is 27.5 Å². The maximum absolute atomic E-state index is 11.1. The second-order valence-electron chi connectivity index (χ2n) is 2.48. The Kier molecular flexibility index (Phi) is 2.14. The molecular weight excluding hydrogens is 200 g/mol. The third kappa shape index (κ3) is 1.44. The molecule has 0 spiro atoms. The van der Waals surface area contributed by atoms with E-state index >= 15 is 0 Å². The average molecular weight is 204 g/mol. The fourth-order valence-electron chi connectivity index (χ4n) is 1.05. The lowest BCUT2D eigenvalue weighted by Gasteiger charge is -1.80. The fourth-order valence-corrected chi connectivity index (χ4v) is 1.89. The van der Waals surface area contributed by atoms with Gasteiger partial charge >= 0.3 is 0 Å². The van der Waals surface area contributed by atoms with E-state index in [0.29, 0.717) is 0 Å². The molecule has 0 saturated heterocycles. The number of fused-ring (bicyclic) bond motifs is 1. The Hall–Kier alpha value is -1.91. The molecule has 0 bridgehead atoms. The number of carbonyl (C=O) groups is 1. The zero-order valence-corrected chi connectivity index (χ0v) is 7.73. The minimum atomic E-state index is -0.631. The molecule has 1 aromatic heterocycles. The van der Waals surface area contributed by atoms with E-state index in [1.165, 1.54) is 11.3 Å². The molecule has 0 fully saturated rings. The third-order valence-electron chi connectivity index (χ3n) is 1.61. The first kappa shape index (κ1) is 8.68. The van der Waals surface area contributed by atoms with Crippen LogP contribution in [-0.4, -0.2) is 10.9 Å². The Morgan fingerprint density at radius 1 is 1.50 bits per heavy atom. The smallest absolute Gasteiger partial charge is 0.277 e. The first-order valence-corrected chi connectivity index (χ1v) is 4.58. The third-order valence-corrected chi connectivity index (χ3v) is 2.64. The quantitative estimate of drug-likeness (QED) is 0.406. The van der Waals surface area contributed by atoms with E-state index in [9.17, 15) is 4.79 Å². The number of hydrogen-bond donors (Lipinski definition) is 0. The highest BCUT2D eigenvalue weighted by Gasteiger charge is 2.09. The summed E-state index contributed by atoms with van der Waals surface area (Å²) in [6, 6.07) is 7.37. The van der Waals surface area contributed by atoms with Crippen molar-refractivity contribution in [1.29, 1.82) is 0 Å². The van der Waals surface area contributed by atoms with Gasteiger partial charge in [-0.15, -0.1) is 11.3 Å². The SMILES string of the molecule is [N-]=[N+]=NC(=O)c1nc2ccccc2s1. The van der Waals surface area contributed by atoms with Crippen LogP contribution < -0.4 is 0 Å². The Morgan fingerprint density at radius 3 is 3.00 bits per heavy atom. The zero-order chi connectivity index (χ0) is 9.97. The number of benzene rings is 1. The van der Waals surface area contributed by atoms with Crippen LogP contribution in [0.5, 0.6) is 0 Å². The maximum atomic E-state index is 11.1. The fraction of sp³-hybridized carbons (Fsp3) is 0. The first-order valence-electron chi connectivity index (χ1n) is 3.76. The highest BCUT2D eigenvalue weighted by atomic mass is 32.1. The van der Waals surface area contributed by atoms with Crippen LogP contribution in [0.15, 0.2) is 29.4 Å². The minimum Gasteiger partial charge on any atom is -0.284 e. The molecule has 1 amide bonds. The van der Waals surface area contributed by atoms with Gasteiger partial charge in [-0.2, -0.15) is 0 Å². The molecule has 0 saturated carbocycles. The number of rotatable bonds is 1. The highest BCUT2D eigenvalue weighted by molar-refractivity contribution is 7.20. The molecule has 5 nitrogen and oxygen atoms in total.